The molecule has 3 aromatic rings. The van der Waals surface area contributed by atoms with Crippen molar-refractivity contribution in [3.63, 3.8) is 0 Å². The molecule has 2 atom stereocenters. The molecule has 6 nitrogen and oxygen atoms in total. The Morgan fingerprint density at radius 1 is 1.37 bits per heavy atom. The summed E-state index contributed by atoms with van der Waals surface area (Å²) < 4.78 is 0. The summed E-state index contributed by atoms with van der Waals surface area (Å²) in [5, 5.41) is 5.30. The Morgan fingerprint density at radius 3 is 3.07 bits per heavy atom. The number of rotatable bonds is 5. The van der Waals surface area contributed by atoms with Gasteiger partial charge in [0.15, 0.2) is 5.65 Å². The highest BCUT2D eigenvalue weighted by Gasteiger charge is 2.28. The van der Waals surface area contributed by atoms with Gasteiger partial charge < -0.3 is 10.2 Å². The highest BCUT2D eigenvalue weighted by molar-refractivity contribution is 7.10. The van der Waals surface area contributed by atoms with Crippen molar-refractivity contribution in [2.45, 2.75) is 32.2 Å². The number of carbonyl (C=O) groups is 1. The van der Waals surface area contributed by atoms with Crippen molar-refractivity contribution >= 4 is 34.1 Å². The van der Waals surface area contributed by atoms with Crippen molar-refractivity contribution in [1.29, 1.82) is 0 Å². The minimum Gasteiger partial charge on any atom is -0.369 e. The van der Waals surface area contributed by atoms with Crippen molar-refractivity contribution < 1.29 is 4.79 Å². The lowest BCUT2D eigenvalue weighted by molar-refractivity contribution is -0.126. The summed E-state index contributed by atoms with van der Waals surface area (Å²) in [5.41, 5.74) is 2.44. The molecule has 1 amide bonds. The molecule has 3 aromatic heterocycles. The van der Waals surface area contributed by atoms with Gasteiger partial charge in [-0.25, -0.2) is 9.97 Å². The number of carbonyl (C=O) groups excluding carboxylic acids is 1. The summed E-state index contributed by atoms with van der Waals surface area (Å²) in [4.78, 5) is 29.3. The van der Waals surface area contributed by atoms with Crippen LogP contribution < -0.4 is 10.2 Å². The van der Waals surface area contributed by atoms with Crippen molar-refractivity contribution in [3.05, 3.63) is 47.0 Å². The number of hydrogen-bond donors (Lipinski definition) is 1. The Hall–Kier alpha value is -2.54. The summed E-state index contributed by atoms with van der Waals surface area (Å²) in [7, 11) is 0. The molecule has 4 heterocycles. The zero-order valence-corrected chi connectivity index (χ0v) is 16.2. The van der Waals surface area contributed by atoms with Gasteiger partial charge in [0.1, 0.15) is 5.52 Å². The van der Waals surface area contributed by atoms with Crippen LogP contribution in [0, 0.1) is 5.92 Å². The number of piperidine rings is 1. The number of hydrogen-bond acceptors (Lipinski definition) is 6. The van der Waals surface area contributed by atoms with Gasteiger partial charge in [0, 0.05) is 30.4 Å². The van der Waals surface area contributed by atoms with E-state index in [1.165, 1.54) is 4.88 Å². The molecule has 1 aliphatic heterocycles. The Morgan fingerprint density at radius 2 is 2.26 bits per heavy atom. The first-order valence-corrected chi connectivity index (χ1v) is 10.3. The second-order valence-electron chi connectivity index (χ2n) is 6.86. The molecular formula is C20H23N5OS. The number of nitrogens with one attached hydrogen (secondary N) is 1. The average molecular weight is 382 g/mol. The van der Waals surface area contributed by atoms with Crippen LogP contribution in [0.25, 0.3) is 11.2 Å². The molecule has 1 aliphatic rings. The maximum atomic E-state index is 12.9. The predicted molar refractivity (Wildman–Crippen MR) is 108 cm³/mol. The van der Waals surface area contributed by atoms with Gasteiger partial charge in [0.25, 0.3) is 0 Å². The number of anilines is 1. The number of fused-ring (bicyclic) bond motifs is 1. The highest BCUT2D eigenvalue weighted by atomic mass is 32.1. The van der Waals surface area contributed by atoms with E-state index in [1.807, 2.05) is 18.3 Å². The quantitative estimate of drug-likeness (QED) is 0.732. The summed E-state index contributed by atoms with van der Waals surface area (Å²) in [5.74, 6) is 0.138. The molecule has 1 saturated heterocycles. The topological polar surface area (TPSA) is 71.0 Å². The van der Waals surface area contributed by atoms with Gasteiger partial charge in [-0.2, -0.15) is 0 Å². The molecule has 140 valence electrons. The van der Waals surface area contributed by atoms with Crippen LogP contribution in [0.4, 0.5) is 5.69 Å². The minimum atomic E-state index is -0.00897. The lowest BCUT2D eigenvalue weighted by Crippen LogP contribution is -2.44. The van der Waals surface area contributed by atoms with Crippen LogP contribution in [0.5, 0.6) is 0 Å². The van der Waals surface area contributed by atoms with Gasteiger partial charge in [-0.1, -0.05) is 13.0 Å². The van der Waals surface area contributed by atoms with Crippen LogP contribution >= 0.6 is 11.3 Å². The number of aromatic nitrogens is 3. The molecule has 0 aromatic carbocycles. The van der Waals surface area contributed by atoms with Gasteiger partial charge in [0.2, 0.25) is 5.91 Å². The summed E-state index contributed by atoms with van der Waals surface area (Å²) in [6, 6.07) is 6.24. The number of thiophene rings is 1. The Balaban J connectivity index is 1.46. The third kappa shape index (κ3) is 3.93. The third-order valence-electron chi connectivity index (χ3n) is 5.08. The Labute approximate surface area is 162 Å². The predicted octanol–water partition coefficient (Wildman–Crippen LogP) is 3.57. The van der Waals surface area contributed by atoms with Gasteiger partial charge in [-0.05, 0) is 36.8 Å². The highest BCUT2D eigenvalue weighted by Crippen LogP contribution is 2.26. The molecule has 0 aliphatic carbocycles. The molecule has 0 saturated carbocycles. The smallest absolute Gasteiger partial charge is 0.225 e. The van der Waals surface area contributed by atoms with E-state index in [-0.39, 0.29) is 17.9 Å². The number of pyridine rings is 1. The Bertz CT molecular complexity index is 914. The summed E-state index contributed by atoms with van der Waals surface area (Å²) in [6.45, 7) is 3.75. The van der Waals surface area contributed by atoms with Crippen molar-refractivity contribution in [1.82, 2.24) is 20.3 Å². The van der Waals surface area contributed by atoms with E-state index >= 15 is 0 Å². The second-order valence-corrected chi connectivity index (χ2v) is 7.84. The number of nitrogens with zero attached hydrogens (tertiary/aromatic N) is 4. The molecule has 0 spiro atoms. The monoisotopic (exact) mass is 381 g/mol. The molecule has 2 unspecified atom stereocenters. The molecule has 27 heavy (non-hydrogen) atoms. The van der Waals surface area contributed by atoms with E-state index in [2.05, 4.69) is 43.5 Å². The zero-order valence-electron chi connectivity index (χ0n) is 15.3. The Kier molecular flexibility index (Phi) is 5.29. The molecule has 0 radical (unpaired) electrons. The summed E-state index contributed by atoms with van der Waals surface area (Å²) in [6.07, 6.45) is 7.97. The van der Waals surface area contributed by atoms with Crippen molar-refractivity contribution in [2.75, 3.05) is 18.0 Å². The SMILES string of the molecule is CCC(NC(=O)C1CCCN(c2cnc3nccnc3c2)C1)c1cccs1. The standard InChI is InChI=1S/C20H23N5OS/c1-2-16(18-6-4-10-27-18)24-20(26)14-5-3-9-25(13-14)15-11-17-19(23-12-15)22-8-7-21-17/h4,6-8,10-12,14,16H,2-3,5,9,13H2,1H3,(H,24,26). The normalized spacial score (nSPS) is 18.4. The van der Waals surface area contributed by atoms with Gasteiger partial charge in [-0.3, -0.25) is 9.78 Å². The van der Waals surface area contributed by atoms with Gasteiger partial charge in [0.05, 0.1) is 23.8 Å². The molecule has 1 N–H and O–H groups in total. The molecule has 7 heteroatoms. The molecular weight excluding hydrogens is 358 g/mol. The van der Waals surface area contributed by atoms with E-state index in [9.17, 15) is 4.79 Å². The first kappa shape index (κ1) is 17.9. The molecule has 0 bridgehead atoms. The fraction of sp³-hybridized carbons (Fsp3) is 0.400. The first-order valence-electron chi connectivity index (χ1n) is 9.40. The van der Waals surface area contributed by atoms with Gasteiger partial charge >= 0.3 is 0 Å². The van der Waals surface area contributed by atoms with E-state index in [0.29, 0.717) is 12.2 Å². The van der Waals surface area contributed by atoms with E-state index in [0.717, 1.165) is 37.0 Å². The average Bonchev–Trinajstić information content (AvgIpc) is 3.26. The second kappa shape index (κ2) is 8.00. The van der Waals surface area contributed by atoms with E-state index in [4.69, 9.17) is 0 Å². The van der Waals surface area contributed by atoms with E-state index < -0.39 is 0 Å². The fourth-order valence-corrected chi connectivity index (χ4v) is 4.46. The van der Waals surface area contributed by atoms with Crippen LogP contribution in [0.1, 0.15) is 37.1 Å². The number of amides is 1. The van der Waals surface area contributed by atoms with Crippen LogP contribution in [-0.2, 0) is 4.79 Å². The zero-order chi connectivity index (χ0) is 18.6. The van der Waals surface area contributed by atoms with Crippen LogP contribution in [0.15, 0.2) is 42.2 Å². The third-order valence-corrected chi connectivity index (χ3v) is 6.06. The van der Waals surface area contributed by atoms with Crippen LogP contribution in [-0.4, -0.2) is 33.9 Å². The van der Waals surface area contributed by atoms with E-state index in [1.54, 1.807) is 23.7 Å². The molecule has 1 fully saturated rings. The largest absolute Gasteiger partial charge is 0.369 e. The minimum absolute atomic E-state index is 0.00897. The van der Waals surface area contributed by atoms with Crippen LogP contribution in [0.2, 0.25) is 0 Å². The van der Waals surface area contributed by atoms with Gasteiger partial charge in [-0.15, -0.1) is 11.3 Å². The maximum Gasteiger partial charge on any atom is 0.225 e. The molecule has 4 rings (SSSR count). The first-order chi connectivity index (χ1) is 13.2. The van der Waals surface area contributed by atoms with Crippen molar-refractivity contribution in [3.8, 4) is 0 Å². The summed E-state index contributed by atoms with van der Waals surface area (Å²) >= 11 is 1.70. The fourth-order valence-electron chi connectivity index (χ4n) is 3.60. The lowest BCUT2D eigenvalue weighted by atomic mass is 9.96. The maximum absolute atomic E-state index is 12.9. The lowest BCUT2D eigenvalue weighted by Gasteiger charge is -2.34. The van der Waals surface area contributed by atoms with Crippen LogP contribution in [0.3, 0.4) is 0 Å². The van der Waals surface area contributed by atoms with Crippen molar-refractivity contribution in [2.24, 2.45) is 5.92 Å².